The second-order valence-electron chi connectivity index (χ2n) is 8.30. The fourth-order valence-corrected chi connectivity index (χ4v) is 4.27. The summed E-state index contributed by atoms with van der Waals surface area (Å²) in [4.78, 5) is 14.3. The number of nitrogens with zero attached hydrogens (tertiary/aromatic N) is 3. The highest BCUT2D eigenvalue weighted by Crippen LogP contribution is 2.33. The SMILES string of the molecule is COC[C@H](C)Cc1ncc2c(OC3CCOCC3)ncc([C@H]3CCCNC3)c2n1. The minimum atomic E-state index is 0.142. The summed E-state index contributed by atoms with van der Waals surface area (Å²) in [7, 11) is 1.73. The molecule has 2 aromatic rings. The van der Waals surface area contributed by atoms with Gasteiger partial charge in [0.15, 0.2) is 0 Å². The highest BCUT2D eigenvalue weighted by atomic mass is 16.5. The molecule has 0 amide bonds. The number of methoxy groups -OCH3 is 1. The smallest absolute Gasteiger partial charge is 0.224 e. The number of ether oxygens (including phenoxy) is 3. The molecule has 7 nitrogen and oxygen atoms in total. The van der Waals surface area contributed by atoms with Crippen LogP contribution in [0.4, 0.5) is 0 Å². The first-order valence-electron chi connectivity index (χ1n) is 10.8. The zero-order valence-corrected chi connectivity index (χ0v) is 17.5. The summed E-state index contributed by atoms with van der Waals surface area (Å²) >= 11 is 0. The standard InChI is InChI=1S/C22H32N4O3/c1-15(14-27-2)10-20-24-13-19-21(26-20)18(16-4-3-7-23-11-16)12-25-22(19)29-17-5-8-28-9-6-17/h12-13,15-17,23H,3-11,14H2,1-2H3/t15-,16+/m1/s1. The lowest BCUT2D eigenvalue weighted by atomic mass is 9.91. The van der Waals surface area contributed by atoms with E-state index < -0.39 is 0 Å². The number of nitrogens with one attached hydrogen (secondary N) is 1. The van der Waals surface area contributed by atoms with E-state index in [4.69, 9.17) is 24.2 Å². The Hall–Kier alpha value is -1.83. The Bertz CT molecular complexity index is 804. The molecule has 2 aliphatic rings. The van der Waals surface area contributed by atoms with E-state index in [1.165, 1.54) is 12.0 Å². The minimum Gasteiger partial charge on any atom is -0.474 e. The molecular weight excluding hydrogens is 368 g/mol. The molecule has 4 rings (SSSR count). The summed E-state index contributed by atoms with van der Waals surface area (Å²) < 4.78 is 17.0. The minimum absolute atomic E-state index is 0.142. The van der Waals surface area contributed by atoms with Crippen LogP contribution in [0.3, 0.4) is 0 Å². The largest absolute Gasteiger partial charge is 0.474 e. The van der Waals surface area contributed by atoms with Gasteiger partial charge < -0.3 is 19.5 Å². The van der Waals surface area contributed by atoms with Crippen molar-refractivity contribution in [3.63, 3.8) is 0 Å². The third-order valence-corrected chi connectivity index (χ3v) is 5.83. The fraction of sp³-hybridized carbons (Fsp3) is 0.682. The molecule has 0 aliphatic carbocycles. The average molecular weight is 401 g/mol. The maximum atomic E-state index is 6.26. The summed E-state index contributed by atoms with van der Waals surface area (Å²) in [5.74, 6) is 2.30. The van der Waals surface area contributed by atoms with Gasteiger partial charge in [0, 0.05) is 63.4 Å². The molecule has 0 unspecified atom stereocenters. The van der Waals surface area contributed by atoms with Crippen LogP contribution in [0.5, 0.6) is 5.88 Å². The van der Waals surface area contributed by atoms with Gasteiger partial charge in [0.1, 0.15) is 11.9 Å². The Morgan fingerprint density at radius 1 is 1.21 bits per heavy atom. The van der Waals surface area contributed by atoms with Crippen LogP contribution in [-0.4, -0.2) is 61.1 Å². The lowest BCUT2D eigenvalue weighted by Gasteiger charge is -2.26. The summed E-state index contributed by atoms with van der Waals surface area (Å²) in [5, 5.41) is 4.43. The van der Waals surface area contributed by atoms with Crippen molar-refractivity contribution in [2.45, 2.75) is 51.0 Å². The molecular formula is C22H32N4O3. The molecule has 2 atom stereocenters. The normalized spacial score (nSPS) is 21.9. The first-order valence-corrected chi connectivity index (χ1v) is 10.8. The van der Waals surface area contributed by atoms with Gasteiger partial charge in [-0.3, -0.25) is 0 Å². The van der Waals surface area contributed by atoms with Crippen molar-refractivity contribution in [1.29, 1.82) is 0 Å². The third-order valence-electron chi connectivity index (χ3n) is 5.83. The van der Waals surface area contributed by atoms with E-state index in [9.17, 15) is 0 Å². The lowest BCUT2D eigenvalue weighted by Crippen LogP contribution is -2.29. The van der Waals surface area contributed by atoms with E-state index in [2.05, 4.69) is 17.2 Å². The molecule has 0 radical (unpaired) electrons. The number of pyridine rings is 1. The molecule has 2 saturated heterocycles. The number of hydrogen-bond acceptors (Lipinski definition) is 7. The first-order chi connectivity index (χ1) is 14.2. The van der Waals surface area contributed by atoms with Crippen LogP contribution < -0.4 is 10.1 Å². The van der Waals surface area contributed by atoms with Crippen LogP contribution in [0.15, 0.2) is 12.4 Å². The molecule has 29 heavy (non-hydrogen) atoms. The van der Waals surface area contributed by atoms with Crippen LogP contribution in [0.1, 0.15) is 49.9 Å². The number of hydrogen-bond donors (Lipinski definition) is 1. The summed E-state index contributed by atoms with van der Waals surface area (Å²) in [6.07, 6.45) is 8.94. The van der Waals surface area contributed by atoms with Gasteiger partial charge in [0.05, 0.1) is 24.1 Å². The van der Waals surface area contributed by atoms with E-state index >= 15 is 0 Å². The van der Waals surface area contributed by atoms with Crippen molar-refractivity contribution < 1.29 is 14.2 Å². The van der Waals surface area contributed by atoms with Gasteiger partial charge in [-0.05, 0) is 25.3 Å². The monoisotopic (exact) mass is 400 g/mol. The van der Waals surface area contributed by atoms with E-state index in [-0.39, 0.29) is 6.10 Å². The zero-order valence-electron chi connectivity index (χ0n) is 17.5. The number of aromatic nitrogens is 3. The molecule has 0 spiro atoms. The molecule has 158 valence electrons. The van der Waals surface area contributed by atoms with Gasteiger partial charge in [0.2, 0.25) is 5.88 Å². The Kier molecular flexibility index (Phi) is 6.90. The molecule has 2 aliphatic heterocycles. The van der Waals surface area contributed by atoms with Gasteiger partial charge in [-0.15, -0.1) is 0 Å². The topological polar surface area (TPSA) is 78.4 Å². The molecule has 0 saturated carbocycles. The maximum absolute atomic E-state index is 6.26. The fourth-order valence-electron chi connectivity index (χ4n) is 4.27. The summed E-state index contributed by atoms with van der Waals surface area (Å²) in [6.45, 7) is 6.40. The van der Waals surface area contributed by atoms with Crippen LogP contribution in [0.25, 0.3) is 10.9 Å². The van der Waals surface area contributed by atoms with Gasteiger partial charge in [-0.25, -0.2) is 15.0 Å². The lowest BCUT2D eigenvalue weighted by molar-refractivity contribution is 0.0244. The van der Waals surface area contributed by atoms with Crippen molar-refractivity contribution in [1.82, 2.24) is 20.3 Å². The van der Waals surface area contributed by atoms with Gasteiger partial charge in [0.25, 0.3) is 0 Å². The average Bonchev–Trinajstić information content (AvgIpc) is 2.75. The van der Waals surface area contributed by atoms with Gasteiger partial charge in [-0.1, -0.05) is 6.92 Å². The Morgan fingerprint density at radius 3 is 2.83 bits per heavy atom. The Labute approximate surface area is 172 Å². The number of rotatable bonds is 7. The predicted octanol–water partition coefficient (Wildman–Crippen LogP) is 2.87. The Balaban J connectivity index is 1.67. The summed E-state index contributed by atoms with van der Waals surface area (Å²) in [5.41, 5.74) is 2.19. The molecule has 7 heteroatoms. The zero-order chi connectivity index (χ0) is 20.1. The molecule has 0 aromatic carbocycles. The summed E-state index contributed by atoms with van der Waals surface area (Å²) in [6, 6.07) is 0. The van der Waals surface area contributed by atoms with Crippen molar-refractivity contribution in [3.8, 4) is 5.88 Å². The Morgan fingerprint density at radius 2 is 2.07 bits per heavy atom. The van der Waals surface area contributed by atoms with E-state index in [1.807, 2.05) is 12.4 Å². The predicted molar refractivity (Wildman–Crippen MR) is 111 cm³/mol. The molecule has 2 aromatic heterocycles. The maximum Gasteiger partial charge on any atom is 0.224 e. The highest BCUT2D eigenvalue weighted by Gasteiger charge is 2.23. The number of fused-ring (bicyclic) bond motifs is 1. The van der Waals surface area contributed by atoms with Crippen molar-refractivity contribution in [3.05, 3.63) is 23.8 Å². The van der Waals surface area contributed by atoms with Crippen LogP contribution in [0, 0.1) is 5.92 Å². The van der Waals surface area contributed by atoms with Crippen LogP contribution in [-0.2, 0) is 15.9 Å². The van der Waals surface area contributed by atoms with Crippen LogP contribution in [0.2, 0.25) is 0 Å². The van der Waals surface area contributed by atoms with Gasteiger partial charge in [-0.2, -0.15) is 0 Å². The van der Waals surface area contributed by atoms with Crippen molar-refractivity contribution >= 4 is 10.9 Å². The molecule has 0 bridgehead atoms. The quantitative estimate of drug-likeness (QED) is 0.766. The van der Waals surface area contributed by atoms with Crippen molar-refractivity contribution in [2.24, 2.45) is 5.92 Å². The van der Waals surface area contributed by atoms with E-state index in [1.54, 1.807) is 7.11 Å². The number of piperidine rings is 1. The highest BCUT2D eigenvalue weighted by molar-refractivity contribution is 5.85. The molecule has 4 heterocycles. The van der Waals surface area contributed by atoms with Gasteiger partial charge >= 0.3 is 0 Å². The second kappa shape index (κ2) is 9.78. The third kappa shape index (κ3) is 5.02. The van der Waals surface area contributed by atoms with Crippen molar-refractivity contribution in [2.75, 3.05) is 40.0 Å². The van der Waals surface area contributed by atoms with E-state index in [0.29, 0.717) is 24.3 Å². The first kappa shape index (κ1) is 20.4. The molecule has 2 fully saturated rings. The molecule has 1 N–H and O–H groups in total. The second-order valence-corrected chi connectivity index (χ2v) is 8.30. The van der Waals surface area contributed by atoms with E-state index in [0.717, 1.165) is 68.7 Å². The van der Waals surface area contributed by atoms with Crippen LogP contribution >= 0.6 is 0 Å².